The van der Waals surface area contributed by atoms with Gasteiger partial charge in [0.2, 0.25) is 0 Å². The van der Waals surface area contributed by atoms with Crippen molar-refractivity contribution in [1.82, 2.24) is 4.98 Å². The van der Waals surface area contributed by atoms with Gasteiger partial charge in [-0.25, -0.2) is 14.6 Å². The summed E-state index contributed by atoms with van der Waals surface area (Å²) in [6.45, 7) is 8.51. The van der Waals surface area contributed by atoms with Gasteiger partial charge in [0.15, 0.2) is 5.82 Å². The monoisotopic (exact) mass is 488 g/mol. The lowest BCUT2D eigenvalue weighted by molar-refractivity contribution is -0.192. The first-order valence-electron chi connectivity index (χ1n) is 10.5. The minimum absolute atomic E-state index is 0.0191. The Kier molecular flexibility index (Phi) is 8.82. The zero-order chi connectivity index (χ0) is 26.2. The largest absolute Gasteiger partial charge is 0.490 e. The van der Waals surface area contributed by atoms with E-state index in [4.69, 9.17) is 9.90 Å². The summed E-state index contributed by atoms with van der Waals surface area (Å²) in [7, 11) is 0. The van der Waals surface area contributed by atoms with E-state index in [9.17, 15) is 18.0 Å². The predicted octanol–water partition coefficient (Wildman–Crippen LogP) is 6.71. The second-order valence-electron chi connectivity index (χ2n) is 8.57. The summed E-state index contributed by atoms with van der Waals surface area (Å²) in [5.74, 6) is -2.16. The molecule has 0 atom stereocenters. The van der Waals surface area contributed by atoms with E-state index in [1.54, 1.807) is 12.3 Å². The third-order valence-electron chi connectivity index (χ3n) is 4.60. The molecule has 0 unspecified atom stereocenters. The number of aliphatic carboxylic acids is 1. The SMILES string of the molecule is Cc1ccc(NC(=O)Nc2cccnc2Nc2ccccc2C(C)(C)C)cc1.O=C(O)C(F)(F)F. The van der Waals surface area contributed by atoms with E-state index in [1.165, 1.54) is 5.56 Å². The van der Waals surface area contributed by atoms with Crippen molar-refractivity contribution in [1.29, 1.82) is 0 Å². The van der Waals surface area contributed by atoms with Crippen LogP contribution in [0, 0.1) is 6.92 Å². The molecule has 186 valence electrons. The molecule has 7 nitrogen and oxygen atoms in total. The number of benzene rings is 2. The van der Waals surface area contributed by atoms with E-state index in [0.29, 0.717) is 11.5 Å². The van der Waals surface area contributed by atoms with Crippen LogP contribution < -0.4 is 16.0 Å². The fraction of sp³-hybridized carbons (Fsp3) is 0.240. The minimum Gasteiger partial charge on any atom is -0.475 e. The van der Waals surface area contributed by atoms with Crippen molar-refractivity contribution in [3.8, 4) is 0 Å². The van der Waals surface area contributed by atoms with Crippen molar-refractivity contribution >= 4 is 34.9 Å². The highest BCUT2D eigenvalue weighted by Crippen LogP contribution is 2.32. The average Bonchev–Trinajstić information content (AvgIpc) is 2.76. The Bertz CT molecular complexity index is 1160. The Morgan fingerprint density at radius 3 is 2.00 bits per heavy atom. The topological polar surface area (TPSA) is 103 Å². The predicted molar refractivity (Wildman–Crippen MR) is 130 cm³/mol. The van der Waals surface area contributed by atoms with Crippen LogP contribution >= 0.6 is 0 Å². The van der Waals surface area contributed by atoms with E-state index in [-0.39, 0.29) is 11.4 Å². The molecule has 0 saturated carbocycles. The van der Waals surface area contributed by atoms with Crippen LogP contribution in [0.1, 0.15) is 31.9 Å². The molecule has 4 N–H and O–H groups in total. The van der Waals surface area contributed by atoms with Crippen LogP contribution in [-0.2, 0) is 10.2 Å². The van der Waals surface area contributed by atoms with E-state index in [2.05, 4.69) is 47.8 Å². The summed E-state index contributed by atoms with van der Waals surface area (Å²) in [6.07, 6.45) is -3.38. The summed E-state index contributed by atoms with van der Waals surface area (Å²) in [4.78, 5) is 25.7. The van der Waals surface area contributed by atoms with Gasteiger partial charge in [0.25, 0.3) is 0 Å². The molecule has 3 rings (SSSR count). The van der Waals surface area contributed by atoms with Gasteiger partial charge >= 0.3 is 18.2 Å². The number of amides is 2. The Morgan fingerprint density at radius 2 is 1.43 bits per heavy atom. The molecule has 0 aliphatic rings. The molecule has 35 heavy (non-hydrogen) atoms. The van der Waals surface area contributed by atoms with Crippen LogP contribution in [0.15, 0.2) is 66.9 Å². The molecule has 1 aromatic heterocycles. The summed E-state index contributed by atoms with van der Waals surface area (Å²) >= 11 is 0. The lowest BCUT2D eigenvalue weighted by atomic mass is 9.86. The van der Waals surface area contributed by atoms with E-state index in [1.807, 2.05) is 55.5 Å². The molecule has 2 aromatic carbocycles. The third-order valence-corrected chi connectivity index (χ3v) is 4.60. The number of aryl methyl sites for hydroxylation is 1. The van der Waals surface area contributed by atoms with Crippen molar-refractivity contribution in [2.75, 3.05) is 16.0 Å². The van der Waals surface area contributed by atoms with Gasteiger partial charge in [-0.2, -0.15) is 13.2 Å². The fourth-order valence-corrected chi connectivity index (χ4v) is 2.90. The molecule has 0 fully saturated rings. The molecule has 0 spiro atoms. The third kappa shape index (κ3) is 8.65. The molecular formula is C25H27F3N4O3. The van der Waals surface area contributed by atoms with Crippen molar-refractivity contribution in [3.63, 3.8) is 0 Å². The molecule has 2 amide bonds. The summed E-state index contributed by atoms with van der Waals surface area (Å²) < 4.78 is 31.7. The highest BCUT2D eigenvalue weighted by atomic mass is 19.4. The first kappa shape index (κ1) is 27.2. The number of aromatic nitrogens is 1. The smallest absolute Gasteiger partial charge is 0.475 e. The van der Waals surface area contributed by atoms with Crippen LogP contribution in [0.3, 0.4) is 0 Å². The van der Waals surface area contributed by atoms with Crippen molar-refractivity contribution < 1.29 is 27.9 Å². The van der Waals surface area contributed by atoms with Gasteiger partial charge in [-0.3, -0.25) is 0 Å². The molecule has 10 heteroatoms. The van der Waals surface area contributed by atoms with E-state index < -0.39 is 12.1 Å². The number of carboxylic acids is 1. The number of carbonyl (C=O) groups excluding carboxylic acids is 1. The Labute approximate surface area is 201 Å². The number of hydrogen-bond acceptors (Lipinski definition) is 4. The maximum atomic E-state index is 12.4. The highest BCUT2D eigenvalue weighted by molar-refractivity contribution is 6.01. The van der Waals surface area contributed by atoms with Gasteiger partial charge in [-0.05, 0) is 48.2 Å². The quantitative estimate of drug-likeness (QED) is 0.327. The van der Waals surface area contributed by atoms with E-state index >= 15 is 0 Å². The fourth-order valence-electron chi connectivity index (χ4n) is 2.90. The maximum Gasteiger partial charge on any atom is 0.490 e. The van der Waals surface area contributed by atoms with Gasteiger partial charge in [-0.1, -0.05) is 56.7 Å². The summed E-state index contributed by atoms with van der Waals surface area (Å²) in [6, 6.07) is 19.1. The molecule has 1 heterocycles. The first-order valence-corrected chi connectivity index (χ1v) is 10.5. The summed E-state index contributed by atoms with van der Waals surface area (Å²) in [5.41, 5.74) is 4.61. The zero-order valence-corrected chi connectivity index (χ0v) is 19.7. The standard InChI is InChI=1S/C23H26N4O.C2HF3O2/c1-16-11-13-17(14-12-16)25-22(28)27-20-10-7-15-24-21(20)26-19-9-6-5-8-18(19)23(2,3)4;3-2(4,5)1(6)7/h5-15H,1-4H3,(H,24,26)(H2,25,27,28);(H,6,7). The molecule has 0 bridgehead atoms. The maximum absolute atomic E-state index is 12.4. The Balaban J connectivity index is 0.000000540. The van der Waals surface area contributed by atoms with Crippen LogP contribution in [0.2, 0.25) is 0 Å². The molecule has 0 saturated heterocycles. The van der Waals surface area contributed by atoms with Gasteiger partial charge < -0.3 is 21.1 Å². The second-order valence-corrected chi connectivity index (χ2v) is 8.57. The van der Waals surface area contributed by atoms with Crippen LogP contribution in [0.25, 0.3) is 0 Å². The van der Waals surface area contributed by atoms with Crippen LogP contribution in [-0.4, -0.2) is 28.3 Å². The van der Waals surface area contributed by atoms with Crippen LogP contribution in [0.5, 0.6) is 0 Å². The molecule has 0 aliphatic carbocycles. The molecule has 0 radical (unpaired) electrons. The van der Waals surface area contributed by atoms with Crippen molar-refractivity contribution in [3.05, 3.63) is 78.0 Å². The van der Waals surface area contributed by atoms with Gasteiger partial charge in [-0.15, -0.1) is 0 Å². The highest BCUT2D eigenvalue weighted by Gasteiger charge is 2.38. The number of anilines is 4. The normalized spacial score (nSPS) is 11.1. The number of nitrogens with one attached hydrogen (secondary N) is 3. The number of halogens is 3. The number of hydrogen-bond donors (Lipinski definition) is 4. The number of carbonyl (C=O) groups is 2. The number of urea groups is 1. The molecule has 0 aliphatic heterocycles. The molecule has 3 aromatic rings. The van der Waals surface area contributed by atoms with Crippen LogP contribution in [0.4, 0.5) is 40.8 Å². The van der Waals surface area contributed by atoms with Gasteiger partial charge in [0.05, 0.1) is 5.69 Å². The Morgan fingerprint density at radius 1 is 0.857 bits per heavy atom. The second kappa shape index (κ2) is 11.4. The van der Waals surface area contributed by atoms with E-state index in [0.717, 1.165) is 16.9 Å². The number of carboxylic acid groups (broad SMARTS) is 1. The summed E-state index contributed by atoms with van der Waals surface area (Å²) in [5, 5.41) is 16.2. The first-order chi connectivity index (χ1) is 16.3. The van der Waals surface area contributed by atoms with Crippen molar-refractivity contribution in [2.45, 2.75) is 39.3 Å². The number of rotatable bonds is 4. The number of alkyl halides is 3. The lowest BCUT2D eigenvalue weighted by Crippen LogP contribution is -2.21. The molecular weight excluding hydrogens is 461 g/mol. The average molecular weight is 489 g/mol. The van der Waals surface area contributed by atoms with Gasteiger partial charge in [0, 0.05) is 17.6 Å². The zero-order valence-electron chi connectivity index (χ0n) is 19.7. The van der Waals surface area contributed by atoms with Gasteiger partial charge in [0.1, 0.15) is 0 Å². The Hall–Kier alpha value is -4.08. The van der Waals surface area contributed by atoms with Crippen molar-refractivity contribution in [2.24, 2.45) is 0 Å². The minimum atomic E-state index is -5.08. The number of nitrogens with zero attached hydrogens (tertiary/aromatic N) is 1. The number of para-hydroxylation sites is 1. The lowest BCUT2D eigenvalue weighted by Gasteiger charge is -2.23. The number of pyridine rings is 1.